The highest BCUT2D eigenvalue weighted by molar-refractivity contribution is 7.07. The summed E-state index contributed by atoms with van der Waals surface area (Å²) in [5.74, 6) is -2.03. The van der Waals surface area contributed by atoms with Crippen LogP contribution in [-0.4, -0.2) is 17.0 Å². The maximum Gasteiger partial charge on any atom is 0.307 e. The third-order valence-electron chi connectivity index (χ3n) is 3.78. The van der Waals surface area contributed by atoms with Crippen LogP contribution in [0.25, 0.3) is 0 Å². The van der Waals surface area contributed by atoms with Gasteiger partial charge in [0, 0.05) is 0 Å². The number of nitrogens with one attached hydrogen (secondary N) is 1. The lowest BCUT2D eigenvalue weighted by Gasteiger charge is -2.13. The van der Waals surface area contributed by atoms with Crippen LogP contribution >= 0.6 is 11.3 Å². The molecule has 1 aliphatic carbocycles. The molecule has 98 valence electrons. The molecule has 0 spiro atoms. The van der Waals surface area contributed by atoms with E-state index in [0.717, 1.165) is 5.56 Å². The fourth-order valence-electron chi connectivity index (χ4n) is 2.50. The van der Waals surface area contributed by atoms with Gasteiger partial charge in [0.05, 0.1) is 17.9 Å². The Morgan fingerprint density at radius 1 is 1.44 bits per heavy atom. The molecular formula is C13H17NO3S. The number of hydrogen-bond donors (Lipinski definition) is 2. The van der Waals surface area contributed by atoms with E-state index >= 15 is 0 Å². The minimum absolute atomic E-state index is 0.0744. The number of carbonyl (C=O) groups is 2. The van der Waals surface area contributed by atoms with Crippen molar-refractivity contribution in [3.05, 3.63) is 22.4 Å². The van der Waals surface area contributed by atoms with Gasteiger partial charge in [0.25, 0.3) is 0 Å². The summed E-state index contributed by atoms with van der Waals surface area (Å²) in [5.41, 5.74) is 0.614. The molecule has 3 atom stereocenters. The molecule has 0 radical (unpaired) electrons. The van der Waals surface area contributed by atoms with Gasteiger partial charge < -0.3 is 10.4 Å². The normalized spacial score (nSPS) is 26.4. The molecule has 18 heavy (non-hydrogen) atoms. The predicted molar refractivity (Wildman–Crippen MR) is 69.3 cm³/mol. The van der Waals surface area contributed by atoms with Gasteiger partial charge in [0.15, 0.2) is 0 Å². The van der Waals surface area contributed by atoms with Crippen molar-refractivity contribution in [2.45, 2.75) is 26.8 Å². The monoisotopic (exact) mass is 267 g/mol. The molecule has 1 aliphatic rings. The number of thiophene rings is 1. The maximum absolute atomic E-state index is 12.1. The Morgan fingerprint density at radius 2 is 2.11 bits per heavy atom. The summed E-state index contributed by atoms with van der Waals surface area (Å²) in [6.07, 6.45) is 0. The van der Waals surface area contributed by atoms with Gasteiger partial charge in [0.1, 0.15) is 0 Å². The van der Waals surface area contributed by atoms with Crippen molar-refractivity contribution in [2.24, 2.45) is 17.3 Å². The van der Waals surface area contributed by atoms with Crippen LogP contribution in [0.1, 0.15) is 32.4 Å². The average Bonchev–Trinajstić information content (AvgIpc) is 2.67. The molecule has 1 saturated carbocycles. The molecule has 1 fully saturated rings. The lowest BCUT2D eigenvalue weighted by molar-refractivity contribution is -0.140. The van der Waals surface area contributed by atoms with Crippen molar-refractivity contribution < 1.29 is 14.7 Å². The Balaban J connectivity index is 2.00. The number of rotatable bonds is 4. The molecule has 4 nitrogen and oxygen atoms in total. The molecule has 0 aromatic carbocycles. The number of aliphatic carboxylic acids is 1. The second kappa shape index (κ2) is 4.39. The largest absolute Gasteiger partial charge is 0.481 e. The van der Waals surface area contributed by atoms with E-state index in [1.54, 1.807) is 11.3 Å². The van der Waals surface area contributed by atoms with Crippen molar-refractivity contribution >= 4 is 23.2 Å². The molecule has 0 bridgehead atoms. The van der Waals surface area contributed by atoms with Crippen LogP contribution in [0, 0.1) is 17.3 Å². The fraction of sp³-hybridized carbons (Fsp3) is 0.538. The molecule has 2 rings (SSSR count). The van der Waals surface area contributed by atoms with E-state index in [2.05, 4.69) is 5.32 Å². The fourth-order valence-corrected chi connectivity index (χ4v) is 3.25. The van der Waals surface area contributed by atoms with Gasteiger partial charge in [-0.05, 0) is 34.7 Å². The first-order valence-electron chi connectivity index (χ1n) is 5.91. The third kappa shape index (κ3) is 2.14. The number of hydrogen-bond acceptors (Lipinski definition) is 3. The van der Waals surface area contributed by atoms with Crippen LogP contribution in [0.15, 0.2) is 16.8 Å². The van der Waals surface area contributed by atoms with E-state index < -0.39 is 23.2 Å². The number of amides is 1. The van der Waals surface area contributed by atoms with E-state index in [1.165, 1.54) is 0 Å². The summed E-state index contributed by atoms with van der Waals surface area (Å²) in [5, 5.41) is 15.9. The van der Waals surface area contributed by atoms with Gasteiger partial charge in [0.2, 0.25) is 5.91 Å². The first-order valence-corrected chi connectivity index (χ1v) is 6.85. The van der Waals surface area contributed by atoms with E-state index in [4.69, 9.17) is 5.11 Å². The Kier molecular flexibility index (Phi) is 3.19. The van der Waals surface area contributed by atoms with Crippen LogP contribution in [-0.2, 0) is 9.59 Å². The molecule has 0 saturated heterocycles. The van der Waals surface area contributed by atoms with Gasteiger partial charge in [-0.2, -0.15) is 11.3 Å². The zero-order valence-electron chi connectivity index (χ0n) is 10.6. The highest BCUT2D eigenvalue weighted by Crippen LogP contribution is 2.58. The standard InChI is InChI=1S/C13H17NO3S/c1-7(8-4-5-18-6-8)14-11(15)9-10(12(16)17)13(9,2)3/h4-7,9-10H,1-3H3,(H,14,15)(H,16,17)/t7?,9-,10+/m1/s1. The van der Waals surface area contributed by atoms with Crippen LogP contribution in [0.5, 0.6) is 0 Å². The van der Waals surface area contributed by atoms with E-state index in [0.29, 0.717) is 0 Å². The maximum atomic E-state index is 12.1. The van der Waals surface area contributed by atoms with E-state index in [-0.39, 0.29) is 11.9 Å². The van der Waals surface area contributed by atoms with Gasteiger partial charge in [-0.3, -0.25) is 9.59 Å². The minimum Gasteiger partial charge on any atom is -0.481 e. The van der Waals surface area contributed by atoms with Crippen LogP contribution in [0.2, 0.25) is 0 Å². The molecule has 5 heteroatoms. The minimum atomic E-state index is -0.886. The lowest BCUT2D eigenvalue weighted by Crippen LogP contribution is -2.29. The second-order valence-corrected chi connectivity index (χ2v) is 6.18. The molecule has 1 unspecified atom stereocenters. The summed E-state index contributed by atoms with van der Waals surface area (Å²) in [6, 6.07) is 1.89. The number of carboxylic acids is 1. The van der Waals surface area contributed by atoms with E-state index in [9.17, 15) is 9.59 Å². The average molecular weight is 267 g/mol. The molecule has 1 aromatic heterocycles. The van der Waals surface area contributed by atoms with Gasteiger partial charge in [-0.25, -0.2) is 0 Å². The molecule has 2 N–H and O–H groups in total. The summed E-state index contributed by atoms with van der Waals surface area (Å²) in [6.45, 7) is 5.56. The van der Waals surface area contributed by atoms with Crippen molar-refractivity contribution in [3.63, 3.8) is 0 Å². The predicted octanol–water partition coefficient (Wildman–Crippen LogP) is 2.28. The summed E-state index contributed by atoms with van der Waals surface area (Å²) in [7, 11) is 0. The van der Waals surface area contributed by atoms with Gasteiger partial charge in [-0.15, -0.1) is 0 Å². The summed E-state index contributed by atoms with van der Waals surface area (Å²) >= 11 is 1.58. The zero-order valence-corrected chi connectivity index (χ0v) is 11.5. The number of carboxylic acid groups (broad SMARTS) is 1. The quantitative estimate of drug-likeness (QED) is 0.879. The SMILES string of the molecule is CC(NC(=O)[C@H]1[C@@H](C(=O)O)C1(C)C)c1ccsc1. The van der Waals surface area contributed by atoms with Gasteiger partial charge >= 0.3 is 5.97 Å². The first kappa shape index (κ1) is 13.1. The van der Waals surface area contributed by atoms with Crippen molar-refractivity contribution in [3.8, 4) is 0 Å². The first-order chi connectivity index (χ1) is 8.35. The van der Waals surface area contributed by atoms with E-state index in [1.807, 2.05) is 37.6 Å². The molecule has 1 aromatic rings. The van der Waals surface area contributed by atoms with Crippen molar-refractivity contribution in [2.75, 3.05) is 0 Å². The highest BCUT2D eigenvalue weighted by atomic mass is 32.1. The summed E-state index contributed by atoms with van der Waals surface area (Å²) < 4.78 is 0. The second-order valence-electron chi connectivity index (χ2n) is 5.40. The van der Waals surface area contributed by atoms with Gasteiger partial charge in [-0.1, -0.05) is 13.8 Å². The topological polar surface area (TPSA) is 66.4 Å². The molecule has 1 amide bonds. The number of carbonyl (C=O) groups excluding carboxylic acids is 1. The van der Waals surface area contributed by atoms with Crippen molar-refractivity contribution in [1.29, 1.82) is 0 Å². The Bertz CT molecular complexity index is 467. The smallest absolute Gasteiger partial charge is 0.307 e. The van der Waals surface area contributed by atoms with Crippen LogP contribution < -0.4 is 5.32 Å². The third-order valence-corrected chi connectivity index (χ3v) is 4.48. The van der Waals surface area contributed by atoms with Crippen LogP contribution in [0.4, 0.5) is 0 Å². The Labute approximate surface area is 110 Å². The lowest BCUT2D eigenvalue weighted by atomic mass is 10.1. The van der Waals surface area contributed by atoms with Crippen LogP contribution in [0.3, 0.4) is 0 Å². The molecule has 1 heterocycles. The molecule has 0 aliphatic heterocycles. The highest BCUT2D eigenvalue weighted by Gasteiger charge is 2.65. The zero-order chi connectivity index (χ0) is 13.5. The molecular weight excluding hydrogens is 250 g/mol. The van der Waals surface area contributed by atoms with Crippen molar-refractivity contribution in [1.82, 2.24) is 5.32 Å². The summed E-state index contributed by atoms with van der Waals surface area (Å²) in [4.78, 5) is 23.1. The Hall–Kier alpha value is -1.36. The Morgan fingerprint density at radius 3 is 2.56 bits per heavy atom.